The molecule has 0 aliphatic rings. The summed E-state index contributed by atoms with van der Waals surface area (Å²) in [6.07, 6.45) is 0. The average Bonchev–Trinajstić information content (AvgIpc) is 3.29. The molecule has 0 amide bonds. The fraction of sp³-hybridized carbons (Fsp3) is 1.00. The van der Waals surface area contributed by atoms with Gasteiger partial charge in [0.1, 0.15) is 0 Å². The second kappa shape index (κ2) is 59.1. The van der Waals surface area contributed by atoms with Crippen molar-refractivity contribution < 1.29 is 0 Å². The Morgan fingerprint density at radius 2 is 0.435 bits per heavy atom. The van der Waals surface area contributed by atoms with Gasteiger partial charge in [-0.05, 0) is 0 Å². The molecule has 0 radical (unpaired) electrons. The van der Waals surface area contributed by atoms with Crippen molar-refractivity contribution in [2.75, 3.05) is 173 Å². The topological polar surface area (TPSA) is 0 Å². The Bertz CT molecular complexity index is 832. The van der Waals surface area contributed by atoms with E-state index in [0.29, 0.717) is 26.2 Å². The molecule has 27 heteroatoms. The van der Waals surface area contributed by atoms with Crippen LogP contribution in [0.2, 0.25) is 0 Å². The predicted molar refractivity (Wildman–Crippen MR) is 379 cm³/mol. The molecule has 0 saturated heterocycles. The summed E-state index contributed by atoms with van der Waals surface area (Å²) in [5, 5.41) is 3.26. The standard InChI is InChI=1S/5C7H16S5.2Sb/c5*8-1-3-11-6-7(5-10)12-4-2-9;;/h5*7-10H,1-6H2;;/q;;;;;2*+3/p-6. The summed E-state index contributed by atoms with van der Waals surface area (Å²) in [5.74, 6) is 34.8. The van der Waals surface area contributed by atoms with Crippen LogP contribution in [0.4, 0.5) is 0 Å². The second-order valence-electron chi connectivity index (χ2n) is 12.1. The summed E-state index contributed by atoms with van der Waals surface area (Å²) < 4.78 is 0. The van der Waals surface area contributed by atoms with E-state index in [1.807, 2.05) is 47.0 Å². The molecule has 0 heterocycles. The molecule has 0 nitrogen and oxygen atoms in total. The van der Waals surface area contributed by atoms with Gasteiger partial charge in [0, 0.05) is 0 Å². The van der Waals surface area contributed by atoms with Crippen LogP contribution in [0.25, 0.3) is 0 Å². The number of rotatable bonds is 52. The van der Waals surface area contributed by atoms with Crippen molar-refractivity contribution in [2.24, 2.45) is 0 Å². The van der Waals surface area contributed by atoms with Crippen molar-refractivity contribution in [3.05, 3.63) is 0 Å². The predicted octanol–water partition coefficient (Wildman–Crippen LogP) is 13.9. The Morgan fingerprint density at radius 1 is 0.242 bits per heavy atom. The zero-order valence-corrected chi connectivity index (χ0v) is 61.8. The summed E-state index contributed by atoms with van der Waals surface area (Å²) >= 11 is 59.0. The molecular weight excluding hydrogens is 1470 g/mol. The molecule has 0 saturated carbocycles. The molecule has 0 aliphatic heterocycles. The van der Waals surface area contributed by atoms with E-state index in [9.17, 15) is 0 Å². The SMILES string of the molecule is SCCSC(CS)CSCC[S][Sb]([S]CCSCC(CS)SCCS)[S]CCSCC(CS)SCC[S][Sb]([S]CCSCC(CS)SCCS)[S]CCSCC(CS)SCCS. The van der Waals surface area contributed by atoms with Crippen LogP contribution in [0.3, 0.4) is 0 Å². The second-order valence-corrected chi connectivity index (χ2v) is 72.3. The summed E-state index contributed by atoms with van der Waals surface area (Å²) in [5.41, 5.74) is 0. The minimum absolute atomic E-state index is 0.651. The van der Waals surface area contributed by atoms with E-state index in [1.165, 1.54) is 97.8 Å². The maximum absolute atomic E-state index is 4.82. The van der Waals surface area contributed by atoms with Gasteiger partial charge in [0.25, 0.3) is 0 Å². The van der Waals surface area contributed by atoms with E-state index >= 15 is 0 Å². The van der Waals surface area contributed by atoms with Crippen molar-refractivity contribution in [1.82, 2.24) is 0 Å². The van der Waals surface area contributed by atoms with Crippen molar-refractivity contribution in [3.8, 4) is 0 Å². The molecule has 5 unspecified atom stereocenters. The van der Waals surface area contributed by atoms with Crippen LogP contribution in [-0.4, -0.2) is 231 Å². The number of thioether (sulfide) groups is 10. The molecule has 0 aromatic carbocycles. The molecule has 5 atom stereocenters. The molecule has 62 heavy (non-hydrogen) atoms. The first kappa shape index (κ1) is 72.4. The molecule has 374 valence electrons. The van der Waals surface area contributed by atoms with Crippen molar-refractivity contribution in [1.29, 1.82) is 0 Å². The van der Waals surface area contributed by atoms with Crippen molar-refractivity contribution in [2.45, 2.75) is 26.2 Å². The monoisotopic (exact) mass is 1540 g/mol. The summed E-state index contributed by atoms with van der Waals surface area (Å²) in [7, 11) is 14.2. The molecule has 0 bridgehead atoms. The third-order valence-electron chi connectivity index (χ3n) is 7.07. The molecule has 0 fully saturated rings. The fourth-order valence-electron chi connectivity index (χ4n) is 4.12. The summed E-state index contributed by atoms with van der Waals surface area (Å²) in [6, 6.07) is 0. The van der Waals surface area contributed by atoms with Gasteiger partial charge >= 0.3 is 515 Å². The van der Waals surface area contributed by atoms with E-state index in [2.05, 4.69) is 225 Å². The molecule has 0 rings (SSSR count). The molecule has 0 spiro atoms. The quantitative estimate of drug-likeness (QED) is 0.0161. The van der Waals surface area contributed by atoms with E-state index in [1.54, 1.807) is 0 Å². The van der Waals surface area contributed by atoms with Crippen LogP contribution < -0.4 is 0 Å². The molecule has 0 aromatic rings. The maximum atomic E-state index is 4.82. The number of hydrogen-bond donors (Lipinski definition) is 9. The van der Waals surface area contributed by atoms with Crippen LogP contribution in [0.15, 0.2) is 0 Å². The summed E-state index contributed by atoms with van der Waals surface area (Å²) in [4.78, 5) is 0. The van der Waals surface area contributed by atoms with Crippen LogP contribution in [0.1, 0.15) is 0 Å². The van der Waals surface area contributed by atoms with Gasteiger partial charge in [-0.3, -0.25) is 0 Å². The Hall–Kier alpha value is 10.4. The van der Waals surface area contributed by atoms with Gasteiger partial charge in [0.2, 0.25) is 0 Å². The molecule has 0 N–H and O–H groups in total. The van der Waals surface area contributed by atoms with Gasteiger partial charge in [-0.25, -0.2) is 0 Å². The first-order chi connectivity index (χ1) is 30.4. The molecule has 0 aromatic heterocycles. The summed E-state index contributed by atoms with van der Waals surface area (Å²) in [6.45, 7) is 0. The number of thiol groups is 9. The Balaban J connectivity index is 4.80. The van der Waals surface area contributed by atoms with Gasteiger partial charge in [-0.1, -0.05) is 0 Å². The first-order valence-corrected chi connectivity index (χ1v) is 61.4. The van der Waals surface area contributed by atoms with Gasteiger partial charge in [0.05, 0.1) is 0 Å². The van der Waals surface area contributed by atoms with Gasteiger partial charge in [-0.15, -0.1) is 0 Å². The minimum atomic E-state index is -1.48. The van der Waals surface area contributed by atoms with Gasteiger partial charge in [0.15, 0.2) is 0 Å². The molecular formula is C35H74S25Sb2. The van der Waals surface area contributed by atoms with Crippen LogP contribution in [0, 0.1) is 0 Å². The van der Waals surface area contributed by atoms with E-state index in [4.69, 9.17) is 12.6 Å². The Morgan fingerprint density at radius 3 is 0.629 bits per heavy atom. The Kier molecular flexibility index (Phi) is 68.9. The third kappa shape index (κ3) is 48.7. The first-order valence-electron chi connectivity index (χ1n) is 20.3. The van der Waals surface area contributed by atoms with Crippen LogP contribution >= 0.6 is 284 Å². The normalized spacial score (nSPS) is 14.6. The van der Waals surface area contributed by atoms with Crippen molar-refractivity contribution >= 4 is 316 Å². The van der Waals surface area contributed by atoms with E-state index < -0.39 is 32.0 Å². The molecule has 0 aliphatic carbocycles. The van der Waals surface area contributed by atoms with Gasteiger partial charge in [-0.2, -0.15) is 0 Å². The van der Waals surface area contributed by atoms with Crippen LogP contribution in [0.5, 0.6) is 0 Å². The average molecular weight is 1540 g/mol. The van der Waals surface area contributed by atoms with E-state index in [0.717, 1.165) is 74.8 Å². The van der Waals surface area contributed by atoms with E-state index in [-0.39, 0.29) is 0 Å². The zero-order chi connectivity index (χ0) is 45.6. The number of hydrogen-bond acceptors (Lipinski definition) is 25. The fourth-order valence-corrected chi connectivity index (χ4v) is 73.1. The third-order valence-corrected chi connectivity index (χ3v) is 76.3. The van der Waals surface area contributed by atoms with Crippen molar-refractivity contribution in [3.63, 3.8) is 0 Å². The Labute approximate surface area is 505 Å². The van der Waals surface area contributed by atoms with Gasteiger partial charge < -0.3 is 0 Å². The zero-order valence-electron chi connectivity index (χ0n) is 35.6. The van der Waals surface area contributed by atoms with Crippen LogP contribution in [-0.2, 0) is 0 Å².